The molecule has 2 heterocycles. The Kier molecular flexibility index (Phi) is 4.23. The van der Waals surface area contributed by atoms with Gasteiger partial charge in [-0.05, 0) is 44.9 Å². The molecule has 0 radical (unpaired) electrons. The summed E-state index contributed by atoms with van der Waals surface area (Å²) in [4.78, 5) is 4.71. The van der Waals surface area contributed by atoms with Crippen molar-refractivity contribution in [2.45, 2.75) is 32.9 Å². The third-order valence-electron chi connectivity index (χ3n) is 4.23. The molecule has 5 nitrogen and oxygen atoms in total. The molecule has 0 saturated carbocycles. The summed E-state index contributed by atoms with van der Waals surface area (Å²) in [7, 11) is -2.79. The number of nitrogens with one attached hydrogen (secondary N) is 1. The summed E-state index contributed by atoms with van der Waals surface area (Å²) in [5.74, 6) is 1.91. The zero-order valence-electron chi connectivity index (χ0n) is 13.1. The highest BCUT2D eigenvalue weighted by Gasteiger charge is 2.27. The van der Waals surface area contributed by atoms with Crippen LogP contribution in [0.1, 0.15) is 32.1 Å². The number of rotatable bonds is 5. The van der Waals surface area contributed by atoms with Crippen LogP contribution in [0, 0.1) is 5.92 Å². The number of hydrogen-bond donors (Lipinski definition) is 1. The Labute approximate surface area is 131 Å². The maximum absolute atomic E-state index is 11.5. The van der Waals surface area contributed by atoms with Crippen molar-refractivity contribution in [3.8, 4) is 0 Å². The lowest BCUT2D eigenvalue weighted by molar-refractivity contribution is 0.496. The average Bonchev–Trinajstić information content (AvgIpc) is 2.98. The third kappa shape index (κ3) is 3.17. The van der Waals surface area contributed by atoms with Crippen molar-refractivity contribution in [1.29, 1.82) is 0 Å². The summed E-state index contributed by atoms with van der Waals surface area (Å²) in [6, 6.07) is 8.50. The summed E-state index contributed by atoms with van der Waals surface area (Å²) in [6.45, 7) is 5.71. The number of imidazole rings is 1. The standard InChI is InChI=1S/C16H23N3O2S/c1-12(2)19-15-6-4-3-5-14(15)18-16(19)10-17-9-13-7-8-22(20,21)11-13/h3-6,12-13,17H,7-11H2,1-2H3/t13-/m0/s1. The SMILES string of the molecule is CC(C)n1c(CNC[C@@H]2CCS(=O)(=O)C2)nc2ccccc21. The van der Waals surface area contributed by atoms with Crippen LogP contribution in [0.15, 0.2) is 24.3 Å². The molecule has 0 aliphatic carbocycles. The van der Waals surface area contributed by atoms with Gasteiger partial charge in [0.2, 0.25) is 0 Å². The van der Waals surface area contributed by atoms with Gasteiger partial charge in [-0.2, -0.15) is 0 Å². The normalized spacial score (nSPS) is 21.0. The highest BCUT2D eigenvalue weighted by atomic mass is 32.2. The Morgan fingerprint density at radius 3 is 2.82 bits per heavy atom. The first-order chi connectivity index (χ1) is 10.5. The van der Waals surface area contributed by atoms with E-state index in [4.69, 9.17) is 4.98 Å². The maximum Gasteiger partial charge on any atom is 0.150 e. The molecular weight excluding hydrogens is 298 g/mol. The molecule has 1 aliphatic heterocycles. The second-order valence-electron chi connectivity index (χ2n) is 6.38. The first kappa shape index (κ1) is 15.5. The molecule has 120 valence electrons. The number of fused-ring (bicyclic) bond motifs is 1. The van der Waals surface area contributed by atoms with Gasteiger partial charge in [0, 0.05) is 6.04 Å². The van der Waals surface area contributed by atoms with Crippen LogP contribution < -0.4 is 5.32 Å². The van der Waals surface area contributed by atoms with Gasteiger partial charge < -0.3 is 9.88 Å². The first-order valence-electron chi connectivity index (χ1n) is 7.83. The van der Waals surface area contributed by atoms with E-state index in [0.29, 0.717) is 24.1 Å². The predicted octanol–water partition coefficient (Wildman–Crippen LogP) is 2.14. The van der Waals surface area contributed by atoms with E-state index in [9.17, 15) is 8.42 Å². The molecule has 1 fully saturated rings. The Balaban J connectivity index is 1.70. The molecule has 22 heavy (non-hydrogen) atoms. The van der Waals surface area contributed by atoms with E-state index in [1.807, 2.05) is 18.2 Å². The van der Waals surface area contributed by atoms with E-state index in [2.05, 4.69) is 29.8 Å². The summed E-state index contributed by atoms with van der Waals surface area (Å²) >= 11 is 0. The number of nitrogens with zero attached hydrogens (tertiary/aromatic N) is 2. The smallest absolute Gasteiger partial charge is 0.150 e. The minimum Gasteiger partial charge on any atom is -0.324 e. The highest BCUT2D eigenvalue weighted by Crippen LogP contribution is 2.21. The van der Waals surface area contributed by atoms with Crippen LogP contribution >= 0.6 is 0 Å². The summed E-state index contributed by atoms with van der Waals surface area (Å²) in [6.07, 6.45) is 0.774. The van der Waals surface area contributed by atoms with Crippen molar-refractivity contribution >= 4 is 20.9 Å². The van der Waals surface area contributed by atoms with E-state index in [1.165, 1.54) is 0 Å². The lowest BCUT2D eigenvalue weighted by atomic mass is 10.1. The third-order valence-corrected chi connectivity index (χ3v) is 6.07. The van der Waals surface area contributed by atoms with Gasteiger partial charge in [-0.25, -0.2) is 13.4 Å². The van der Waals surface area contributed by atoms with Crippen molar-refractivity contribution in [3.63, 3.8) is 0 Å². The van der Waals surface area contributed by atoms with E-state index < -0.39 is 9.84 Å². The Morgan fingerprint density at radius 2 is 2.14 bits per heavy atom. The highest BCUT2D eigenvalue weighted by molar-refractivity contribution is 7.91. The van der Waals surface area contributed by atoms with Crippen LogP contribution in [-0.2, 0) is 16.4 Å². The lowest BCUT2D eigenvalue weighted by Gasteiger charge is -2.14. The molecule has 1 atom stereocenters. The zero-order chi connectivity index (χ0) is 15.7. The maximum atomic E-state index is 11.5. The van der Waals surface area contributed by atoms with E-state index in [1.54, 1.807) is 0 Å². The van der Waals surface area contributed by atoms with Gasteiger partial charge >= 0.3 is 0 Å². The van der Waals surface area contributed by atoms with Crippen LogP contribution in [0.2, 0.25) is 0 Å². The lowest BCUT2D eigenvalue weighted by Crippen LogP contribution is -2.25. The Bertz CT molecular complexity index is 765. The molecule has 0 amide bonds. The molecule has 0 spiro atoms. The molecule has 1 aromatic heterocycles. The quantitative estimate of drug-likeness (QED) is 0.916. The summed E-state index contributed by atoms with van der Waals surface area (Å²) in [5.41, 5.74) is 2.16. The van der Waals surface area contributed by atoms with Crippen LogP contribution in [0.25, 0.3) is 11.0 Å². The number of hydrogen-bond acceptors (Lipinski definition) is 4. The molecule has 1 N–H and O–H groups in total. The summed E-state index contributed by atoms with van der Waals surface area (Å²) < 4.78 is 25.2. The number of aromatic nitrogens is 2. The number of sulfone groups is 1. The molecular formula is C16H23N3O2S. The van der Waals surface area contributed by atoms with Crippen molar-refractivity contribution in [2.75, 3.05) is 18.1 Å². The largest absolute Gasteiger partial charge is 0.324 e. The molecule has 0 bridgehead atoms. The number of benzene rings is 1. The molecule has 0 unspecified atom stereocenters. The topological polar surface area (TPSA) is 64.0 Å². The predicted molar refractivity (Wildman–Crippen MR) is 88.6 cm³/mol. The fraction of sp³-hybridized carbons (Fsp3) is 0.562. The van der Waals surface area contributed by atoms with Gasteiger partial charge in [-0.1, -0.05) is 12.1 Å². The first-order valence-corrected chi connectivity index (χ1v) is 9.65. The number of para-hydroxylation sites is 2. The summed E-state index contributed by atoms with van der Waals surface area (Å²) in [5, 5.41) is 3.39. The molecule has 2 aromatic rings. The van der Waals surface area contributed by atoms with Gasteiger partial charge in [0.25, 0.3) is 0 Å². The van der Waals surface area contributed by atoms with Gasteiger partial charge in [0.05, 0.1) is 29.1 Å². The van der Waals surface area contributed by atoms with Crippen molar-refractivity contribution in [1.82, 2.24) is 14.9 Å². The van der Waals surface area contributed by atoms with Crippen molar-refractivity contribution < 1.29 is 8.42 Å². The Morgan fingerprint density at radius 1 is 1.36 bits per heavy atom. The Hall–Kier alpha value is -1.40. The van der Waals surface area contributed by atoms with Crippen LogP contribution in [0.3, 0.4) is 0 Å². The van der Waals surface area contributed by atoms with Crippen LogP contribution in [-0.4, -0.2) is 36.0 Å². The van der Waals surface area contributed by atoms with Gasteiger partial charge in [0.1, 0.15) is 5.82 Å². The second-order valence-corrected chi connectivity index (χ2v) is 8.61. The minimum absolute atomic E-state index is 0.238. The van der Waals surface area contributed by atoms with E-state index in [-0.39, 0.29) is 5.92 Å². The fourth-order valence-electron chi connectivity index (χ4n) is 3.22. The van der Waals surface area contributed by atoms with E-state index in [0.717, 1.165) is 29.8 Å². The monoisotopic (exact) mass is 321 g/mol. The molecule has 3 rings (SSSR count). The van der Waals surface area contributed by atoms with Crippen molar-refractivity contribution in [2.24, 2.45) is 5.92 Å². The van der Waals surface area contributed by atoms with Crippen molar-refractivity contribution in [3.05, 3.63) is 30.1 Å². The van der Waals surface area contributed by atoms with Gasteiger partial charge in [-0.3, -0.25) is 0 Å². The minimum atomic E-state index is -2.79. The average molecular weight is 321 g/mol. The second kappa shape index (κ2) is 6.01. The zero-order valence-corrected chi connectivity index (χ0v) is 13.9. The van der Waals surface area contributed by atoms with E-state index >= 15 is 0 Å². The molecule has 1 aliphatic rings. The fourth-order valence-corrected chi connectivity index (χ4v) is 5.08. The van der Waals surface area contributed by atoms with Gasteiger partial charge in [-0.15, -0.1) is 0 Å². The van der Waals surface area contributed by atoms with Crippen LogP contribution in [0.5, 0.6) is 0 Å². The molecule has 1 aromatic carbocycles. The van der Waals surface area contributed by atoms with Crippen LogP contribution in [0.4, 0.5) is 0 Å². The molecule has 1 saturated heterocycles. The van der Waals surface area contributed by atoms with Gasteiger partial charge in [0.15, 0.2) is 9.84 Å². The molecule has 6 heteroatoms.